The molecule has 0 spiro atoms. The second-order valence-corrected chi connectivity index (χ2v) is 4.60. The molecule has 0 amide bonds. The summed E-state index contributed by atoms with van der Waals surface area (Å²) in [5.74, 6) is 0. The maximum atomic E-state index is 8.85. The van der Waals surface area contributed by atoms with Gasteiger partial charge in [0.25, 0.3) is 0 Å². The third-order valence-electron chi connectivity index (χ3n) is 2.58. The van der Waals surface area contributed by atoms with E-state index in [2.05, 4.69) is 18.4 Å². The summed E-state index contributed by atoms with van der Waals surface area (Å²) in [6.45, 7) is 2.20. The summed E-state index contributed by atoms with van der Waals surface area (Å²) in [5, 5.41) is 12.3. The largest absolute Gasteiger partial charge is 0.192 e. The molecule has 0 bridgehead atoms. The Labute approximate surface area is 94.0 Å². The zero-order valence-electron chi connectivity index (χ0n) is 8.79. The number of hydrogen-bond acceptors (Lipinski definition) is 2. The van der Waals surface area contributed by atoms with Gasteiger partial charge in [-0.2, -0.15) is 5.26 Å². The Morgan fingerprint density at radius 3 is 3.00 bits per heavy atom. The fourth-order valence-corrected chi connectivity index (χ4v) is 2.69. The van der Waals surface area contributed by atoms with Crippen molar-refractivity contribution in [2.45, 2.75) is 26.2 Å². The number of benzene rings is 1. The minimum Gasteiger partial charge on any atom is -0.192 e. The number of thiophene rings is 1. The van der Waals surface area contributed by atoms with E-state index in [4.69, 9.17) is 5.26 Å². The van der Waals surface area contributed by atoms with E-state index in [1.165, 1.54) is 28.5 Å². The molecule has 2 heteroatoms. The van der Waals surface area contributed by atoms with Crippen LogP contribution < -0.4 is 0 Å². The van der Waals surface area contributed by atoms with Gasteiger partial charge in [0.1, 0.15) is 0 Å². The molecule has 0 aliphatic rings. The molecule has 0 saturated carbocycles. The molecule has 2 rings (SSSR count). The van der Waals surface area contributed by atoms with Gasteiger partial charge in [0, 0.05) is 4.70 Å². The predicted molar refractivity (Wildman–Crippen MR) is 65.2 cm³/mol. The van der Waals surface area contributed by atoms with E-state index >= 15 is 0 Å². The Morgan fingerprint density at radius 2 is 2.27 bits per heavy atom. The molecule has 0 N–H and O–H groups in total. The lowest BCUT2D eigenvalue weighted by Gasteiger charge is -1.97. The van der Waals surface area contributed by atoms with E-state index in [-0.39, 0.29) is 0 Å². The molecular weight excluding hydrogens is 202 g/mol. The van der Waals surface area contributed by atoms with Crippen LogP contribution >= 0.6 is 11.3 Å². The highest BCUT2D eigenvalue weighted by atomic mass is 32.1. The zero-order chi connectivity index (χ0) is 10.7. The Balaban J connectivity index is 2.43. The molecule has 0 radical (unpaired) electrons. The highest BCUT2D eigenvalue weighted by Gasteiger charge is 2.04. The number of hydrogen-bond donors (Lipinski definition) is 0. The summed E-state index contributed by atoms with van der Waals surface area (Å²) in [6, 6.07) is 8.15. The quantitative estimate of drug-likeness (QED) is 0.755. The number of fused-ring (bicyclic) bond motifs is 1. The molecule has 0 aliphatic heterocycles. The molecule has 0 aliphatic carbocycles. The van der Waals surface area contributed by atoms with Crippen LogP contribution in [0.5, 0.6) is 0 Å². The van der Waals surface area contributed by atoms with Crippen LogP contribution in [0, 0.1) is 11.3 Å². The molecule has 1 aromatic carbocycles. The van der Waals surface area contributed by atoms with Gasteiger partial charge in [-0.15, -0.1) is 11.3 Å². The lowest BCUT2D eigenvalue weighted by Crippen LogP contribution is -1.82. The van der Waals surface area contributed by atoms with Crippen molar-refractivity contribution in [2.75, 3.05) is 0 Å². The number of aryl methyl sites for hydroxylation is 1. The molecule has 0 fully saturated rings. The number of nitriles is 1. The molecule has 2 aromatic rings. The van der Waals surface area contributed by atoms with Gasteiger partial charge in [-0.25, -0.2) is 0 Å². The third-order valence-corrected chi connectivity index (χ3v) is 3.59. The van der Waals surface area contributed by atoms with E-state index in [0.29, 0.717) is 0 Å². The first kappa shape index (κ1) is 10.2. The van der Waals surface area contributed by atoms with Gasteiger partial charge < -0.3 is 0 Å². The third kappa shape index (κ3) is 2.03. The van der Waals surface area contributed by atoms with Crippen LogP contribution in [0.15, 0.2) is 23.6 Å². The molecule has 76 valence electrons. The van der Waals surface area contributed by atoms with Crippen molar-refractivity contribution in [3.8, 4) is 6.07 Å². The van der Waals surface area contributed by atoms with Crippen LogP contribution in [-0.2, 0) is 6.42 Å². The van der Waals surface area contributed by atoms with Crippen molar-refractivity contribution in [2.24, 2.45) is 0 Å². The molecule has 0 atom stereocenters. The monoisotopic (exact) mass is 215 g/mol. The van der Waals surface area contributed by atoms with E-state index in [0.717, 1.165) is 12.0 Å². The maximum absolute atomic E-state index is 8.85. The minimum absolute atomic E-state index is 0.763. The second kappa shape index (κ2) is 4.46. The number of rotatable bonds is 3. The topological polar surface area (TPSA) is 23.8 Å². The summed E-state index contributed by atoms with van der Waals surface area (Å²) in [4.78, 5) is 0. The van der Waals surface area contributed by atoms with Crippen molar-refractivity contribution in [3.05, 3.63) is 34.7 Å². The Morgan fingerprint density at radius 1 is 1.40 bits per heavy atom. The average Bonchev–Trinajstić information content (AvgIpc) is 2.68. The Bertz CT molecular complexity index is 505. The molecule has 1 aromatic heterocycles. The SMILES string of the molecule is CCCCc1csc2ccc(C#N)cc12. The summed E-state index contributed by atoms with van der Waals surface area (Å²) in [5.41, 5.74) is 2.16. The molecule has 1 heterocycles. The van der Waals surface area contributed by atoms with E-state index in [1.54, 1.807) is 11.3 Å². The van der Waals surface area contributed by atoms with Gasteiger partial charge in [-0.1, -0.05) is 13.3 Å². The predicted octanol–water partition coefficient (Wildman–Crippen LogP) is 4.12. The van der Waals surface area contributed by atoms with E-state index < -0.39 is 0 Å². The smallest absolute Gasteiger partial charge is 0.0991 e. The highest BCUT2D eigenvalue weighted by molar-refractivity contribution is 7.17. The van der Waals surface area contributed by atoms with Crippen molar-refractivity contribution in [3.63, 3.8) is 0 Å². The molecule has 0 saturated heterocycles. The van der Waals surface area contributed by atoms with E-state index in [9.17, 15) is 0 Å². The first-order valence-corrected chi connectivity index (χ1v) is 6.13. The molecule has 0 unspecified atom stereocenters. The summed E-state index contributed by atoms with van der Waals surface area (Å²) >= 11 is 1.77. The molecule has 15 heavy (non-hydrogen) atoms. The number of unbranched alkanes of at least 4 members (excludes halogenated alkanes) is 1. The Hall–Kier alpha value is -1.33. The lowest BCUT2D eigenvalue weighted by molar-refractivity contribution is 0.800. The lowest BCUT2D eigenvalue weighted by atomic mass is 10.1. The van der Waals surface area contributed by atoms with E-state index in [1.807, 2.05) is 18.2 Å². The van der Waals surface area contributed by atoms with Gasteiger partial charge in [0.05, 0.1) is 11.6 Å². The van der Waals surface area contributed by atoms with Gasteiger partial charge in [-0.05, 0) is 47.4 Å². The van der Waals surface area contributed by atoms with Crippen molar-refractivity contribution >= 4 is 21.4 Å². The van der Waals surface area contributed by atoms with Crippen LogP contribution in [-0.4, -0.2) is 0 Å². The fraction of sp³-hybridized carbons (Fsp3) is 0.308. The van der Waals surface area contributed by atoms with Crippen molar-refractivity contribution in [1.29, 1.82) is 5.26 Å². The highest BCUT2D eigenvalue weighted by Crippen LogP contribution is 2.27. The second-order valence-electron chi connectivity index (χ2n) is 3.69. The summed E-state index contributed by atoms with van der Waals surface area (Å²) < 4.78 is 1.29. The van der Waals surface area contributed by atoms with Crippen LogP contribution in [0.2, 0.25) is 0 Å². The minimum atomic E-state index is 0.763. The van der Waals surface area contributed by atoms with Crippen LogP contribution in [0.4, 0.5) is 0 Å². The zero-order valence-corrected chi connectivity index (χ0v) is 9.60. The average molecular weight is 215 g/mol. The van der Waals surface area contributed by atoms with Crippen molar-refractivity contribution in [1.82, 2.24) is 0 Å². The maximum Gasteiger partial charge on any atom is 0.0991 e. The van der Waals surface area contributed by atoms with Crippen LogP contribution in [0.1, 0.15) is 30.9 Å². The van der Waals surface area contributed by atoms with Crippen LogP contribution in [0.25, 0.3) is 10.1 Å². The number of nitrogens with zero attached hydrogens (tertiary/aromatic N) is 1. The van der Waals surface area contributed by atoms with Gasteiger partial charge >= 0.3 is 0 Å². The van der Waals surface area contributed by atoms with Crippen LogP contribution in [0.3, 0.4) is 0 Å². The first-order chi connectivity index (χ1) is 7.35. The first-order valence-electron chi connectivity index (χ1n) is 5.25. The van der Waals surface area contributed by atoms with Crippen molar-refractivity contribution < 1.29 is 0 Å². The normalized spacial score (nSPS) is 10.4. The standard InChI is InChI=1S/C13H13NS/c1-2-3-4-11-9-15-13-6-5-10(8-14)7-12(11)13/h5-7,9H,2-4H2,1H3. The van der Waals surface area contributed by atoms with Gasteiger partial charge in [0.15, 0.2) is 0 Å². The summed E-state index contributed by atoms with van der Waals surface area (Å²) in [7, 11) is 0. The summed E-state index contributed by atoms with van der Waals surface area (Å²) in [6.07, 6.45) is 3.57. The molecular formula is C13H13NS. The fourth-order valence-electron chi connectivity index (χ4n) is 1.71. The molecule has 1 nitrogen and oxygen atoms in total. The Kier molecular flexibility index (Phi) is 3.03. The van der Waals surface area contributed by atoms with Gasteiger partial charge in [0.2, 0.25) is 0 Å². The van der Waals surface area contributed by atoms with Gasteiger partial charge in [-0.3, -0.25) is 0 Å².